The minimum absolute atomic E-state index is 0.0314. The summed E-state index contributed by atoms with van der Waals surface area (Å²) in [7, 11) is 0. The predicted molar refractivity (Wildman–Crippen MR) is 112 cm³/mol. The number of halogens is 3. The molecule has 1 unspecified atom stereocenters. The molecule has 0 amide bonds. The summed E-state index contributed by atoms with van der Waals surface area (Å²) in [6.45, 7) is 2.79. The molecule has 2 N–H and O–H groups in total. The molecule has 8 heteroatoms. The summed E-state index contributed by atoms with van der Waals surface area (Å²) < 4.78 is 40.5. The summed E-state index contributed by atoms with van der Waals surface area (Å²) >= 11 is 0. The highest BCUT2D eigenvalue weighted by molar-refractivity contribution is 5.82. The molecule has 0 fully saturated rings. The van der Waals surface area contributed by atoms with Crippen molar-refractivity contribution in [3.63, 3.8) is 0 Å². The molecule has 3 heterocycles. The third kappa shape index (κ3) is 3.42. The van der Waals surface area contributed by atoms with Crippen molar-refractivity contribution in [1.82, 2.24) is 19.9 Å². The van der Waals surface area contributed by atoms with E-state index in [1.165, 1.54) is 12.1 Å². The zero-order chi connectivity index (χ0) is 21.8. The zero-order valence-electron chi connectivity index (χ0n) is 16.6. The van der Waals surface area contributed by atoms with Crippen LogP contribution in [0, 0.1) is 6.92 Å². The first-order valence-corrected chi connectivity index (χ1v) is 9.90. The number of hydrogen-bond acceptors (Lipinski definition) is 3. The molecule has 5 rings (SSSR count). The minimum atomic E-state index is -4.35. The van der Waals surface area contributed by atoms with Crippen LogP contribution in [0.4, 0.5) is 13.2 Å². The molecular formula is C23H19F3N4O. The molecule has 4 aromatic rings. The zero-order valence-corrected chi connectivity index (χ0v) is 16.6. The number of aromatic nitrogens is 3. The second-order valence-electron chi connectivity index (χ2n) is 7.75. The Balaban J connectivity index is 1.47. The van der Waals surface area contributed by atoms with E-state index in [9.17, 15) is 18.0 Å². The van der Waals surface area contributed by atoms with Gasteiger partial charge in [-0.2, -0.15) is 13.2 Å². The van der Waals surface area contributed by atoms with Crippen LogP contribution in [0.15, 0.2) is 59.5 Å². The molecule has 2 aromatic carbocycles. The monoisotopic (exact) mass is 424 g/mol. The van der Waals surface area contributed by atoms with E-state index in [0.29, 0.717) is 35.4 Å². The van der Waals surface area contributed by atoms with Gasteiger partial charge in [0, 0.05) is 29.2 Å². The molecule has 1 aliphatic heterocycles. The Morgan fingerprint density at radius 2 is 1.84 bits per heavy atom. The van der Waals surface area contributed by atoms with Crippen LogP contribution in [0.25, 0.3) is 22.3 Å². The summed E-state index contributed by atoms with van der Waals surface area (Å²) in [6, 6.07) is 12.5. The Kier molecular flexibility index (Phi) is 4.48. The van der Waals surface area contributed by atoms with Gasteiger partial charge in [-0.05, 0) is 36.8 Å². The molecule has 0 radical (unpaired) electrons. The number of benzene rings is 2. The van der Waals surface area contributed by atoms with Crippen LogP contribution in [-0.4, -0.2) is 14.5 Å². The molecule has 1 atom stereocenters. The van der Waals surface area contributed by atoms with Crippen molar-refractivity contribution in [2.75, 3.05) is 0 Å². The fourth-order valence-corrected chi connectivity index (χ4v) is 4.07. The SMILES string of the molecule is Cc1c(-c2cn3c(n2)CNC(c2ccc(C(F)(F)F)cc2)C3)[nH]c2ccccc2c1=O. The molecule has 5 nitrogen and oxygen atoms in total. The van der Waals surface area contributed by atoms with Crippen LogP contribution in [0.5, 0.6) is 0 Å². The van der Waals surface area contributed by atoms with Crippen LogP contribution in [-0.2, 0) is 19.3 Å². The highest BCUT2D eigenvalue weighted by Gasteiger charge is 2.30. The molecule has 158 valence electrons. The second kappa shape index (κ2) is 7.09. The van der Waals surface area contributed by atoms with Crippen molar-refractivity contribution in [3.05, 3.63) is 87.5 Å². The smallest absolute Gasteiger partial charge is 0.353 e. The van der Waals surface area contributed by atoms with E-state index in [2.05, 4.69) is 15.3 Å². The van der Waals surface area contributed by atoms with E-state index in [1.54, 1.807) is 13.0 Å². The number of H-pyrrole nitrogens is 1. The third-order valence-corrected chi connectivity index (χ3v) is 5.79. The lowest BCUT2D eigenvalue weighted by molar-refractivity contribution is -0.137. The van der Waals surface area contributed by atoms with Crippen LogP contribution in [0.1, 0.15) is 28.6 Å². The quantitative estimate of drug-likeness (QED) is 0.496. The highest BCUT2D eigenvalue weighted by Crippen LogP contribution is 2.31. The summed E-state index contributed by atoms with van der Waals surface area (Å²) in [5, 5.41) is 3.97. The maximum absolute atomic E-state index is 12.8. The molecule has 2 aromatic heterocycles. The van der Waals surface area contributed by atoms with Gasteiger partial charge in [0.15, 0.2) is 5.43 Å². The number of nitrogens with zero attached hydrogens (tertiary/aromatic N) is 2. The van der Waals surface area contributed by atoms with Crippen molar-refractivity contribution in [2.45, 2.75) is 32.2 Å². The Hall–Kier alpha value is -3.39. The van der Waals surface area contributed by atoms with E-state index in [4.69, 9.17) is 0 Å². The lowest BCUT2D eigenvalue weighted by Crippen LogP contribution is -2.32. The standard InChI is InChI=1S/C23H19F3N4O/c1-13-21(29-17-5-3-2-4-16(17)22(13)31)19-12-30-11-18(27-10-20(30)28-19)14-6-8-15(9-7-14)23(24,25)26/h2-9,12,18,27H,10-11H2,1H3,(H,29,31). The summed E-state index contributed by atoms with van der Waals surface area (Å²) in [5.41, 5.74) is 2.79. The fourth-order valence-electron chi connectivity index (χ4n) is 4.07. The lowest BCUT2D eigenvalue weighted by Gasteiger charge is -2.25. The topological polar surface area (TPSA) is 62.7 Å². The number of imidazole rings is 1. The van der Waals surface area contributed by atoms with Gasteiger partial charge < -0.3 is 14.9 Å². The minimum Gasteiger partial charge on any atom is -0.353 e. The maximum atomic E-state index is 12.8. The van der Waals surface area contributed by atoms with Crippen molar-refractivity contribution in [3.8, 4) is 11.4 Å². The molecule has 0 bridgehead atoms. The first kappa shape index (κ1) is 19.6. The second-order valence-corrected chi connectivity index (χ2v) is 7.75. The van der Waals surface area contributed by atoms with E-state index >= 15 is 0 Å². The van der Waals surface area contributed by atoms with E-state index in [-0.39, 0.29) is 11.5 Å². The summed E-state index contributed by atoms with van der Waals surface area (Å²) in [5.74, 6) is 0.812. The van der Waals surface area contributed by atoms with Gasteiger partial charge in [0.1, 0.15) is 11.5 Å². The molecule has 0 saturated carbocycles. The van der Waals surface area contributed by atoms with Crippen molar-refractivity contribution < 1.29 is 13.2 Å². The highest BCUT2D eigenvalue weighted by atomic mass is 19.4. The van der Waals surface area contributed by atoms with Crippen molar-refractivity contribution >= 4 is 10.9 Å². The molecule has 0 saturated heterocycles. The molecule has 0 aliphatic carbocycles. The van der Waals surface area contributed by atoms with E-state index < -0.39 is 11.7 Å². The largest absolute Gasteiger partial charge is 0.416 e. The van der Waals surface area contributed by atoms with Crippen molar-refractivity contribution in [2.24, 2.45) is 0 Å². The van der Waals surface area contributed by atoms with Gasteiger partial charge in [0.05, 0.1) is 23.8 Å². The van der Waals surface area contributed by atoms with Gasteiger partial charge >= 0.3 is 6.18 Å². The van der Waals surface area contributed by atoms with E-state index in [0.717, 1.165) is 29.0 Å². The predicted octanol–water partition coefficient (Wildman–Crippen LogP) is 4.56. The fraction of sp³-hybridized carbons (Fsp3) is 0.217. The Bertz CT molecular complexity index is 1340. The number of aromatic amines is 1. The number of fused-ring (bicyclic) bond motifs is 2. The van der Waals surface area contributed by atoms with Crippen LogP contribution < -0.4 is 10.7 Å². The molecule has 31 heavy (non-hydrogen) atoms. The number of alkyl halides is 3. The van der Waals surface area contributed by atoms with Gasteiger partial charge in [0.2, 0.25) is 0 Å². The van der Waals surface area contributed by atoms with E-state index in [1.807, 2.05) is 29.0 Å². The number of hydrogen-bond donors (Lipinski definition) is 2. The first-order valence-electron chi connectivity index (χ1n) is 9.90. The Morgan fingerprint density at radius 1 is 1.10 bits per heavy atom. The molecule has 1 aliphatic rings. The van der Waals surface area contributed by atoms with Gasteiger partial charge in [-0.3, -0.25) is 4.79 Å². The Labute approximate surface area is 175 Å². The van der Waals surface area contributed by atoms with Gasteiger partial charge in [-0.1, -0.05) is 24.3 Å². The van der Waals surface area contributed by atoms with Crippen LogP contribution >= 0.6 is 0 Å². The van der Waals surface area contributed by atoms with Crippen molar-refractivity contribution in [1.29, 1.82) is 0 Å². The van der Waals surface area contributed by atoms with Gasteiger partial charge in [-0.25, -0.2) is 4.98 Å². The first-order chi connectivity index (χ1) is 14.8. The Morgan fingerprint density at radius 3 is 2.58 bits per heavy atom. The number of para-hydroxylation sites is 1. The summed E-state index contributed by atoms with van der Waals surface area (Å²) in [4.78, 5) is 20.8. The lowest BCUT2D eigenvalue weighted by atomic mass is 10.0. The molecular weight excluding hydrogens is 405 g/mol. The number of rotatable bonds is 2. The van der Waals surface area contributed by atoms with Crippen LogP contribution in [0.2, 0.25) is 0 Å². The average molecular weight is 424 g/mol. The summed E-state index contributed by atoms with van der Waals surface area (Å²) in [6.07, 6.45) is -2.46. The van der Waals surface area contributed by atoms with Gasteiger partial charge in [-0.15, -0.1) is 0 Å². The normalized spacial score (nSPS) is 16.5. The molecule has 0 spiro atoms. The van der Waals surface area contributed by atoms with Crippen LogP contribution in [0.3, 0.4) is 0 Å². The van der Waals surface area contributed by atoms with Gasteiger partial charge in [0.25, 0.3) is 0 Å². The third-order valence-electron chi connectivity index (χ3n) is 5.79. The maximum Gasteiger partial charge on any atom is 0.416 e. The number of nitrogens with one attached hydrogen (secondary N) is 2. The average Bonchev–Trinajstić information content (AvgIpc) is 3.19. The number of pyridine rings is 1.